The van der Waals surface area contributed by atoms with E-state index in [0.29, 0.717) is 0 Å². The van der Waals surface area contributed by atoms with Gasteiger partial charge in [0, 0.05) is 0 Å². The minimum Gasteiger partial charge on any atom is -0.317 e. The molecule has 5 heteroatoms. The molecule has 4 nitrogen and oxygen atoms in total. The number of carbonyl (C=O) groups is 2. The molecule has 1 N–H and O–H groups in total. The molecule has 0 atom stereocenters. The predicted molar refractivity (Wildman–Crippen MR) is 92.1 cm³/mol. The molecule has 0 aliphatic carbocycles. The highest BCUT2D eigenvalue weighted by atomic mass is 79.9. The van der Waals surface area contributed by atoms with E-state index < -0.39 is 0 Å². The summed E-state index contributed by atoms with van der Waals surface area (Å²) in [5.41, 5.74) is -0.226. The molecule has 0 amide bonds. The molecule has 0 aromatic rings. The standard InChI is InChI=1S/C8H15NO.C4H7BrO.C4H9N/c1-8(2,7-10)9-5-3-4-6-9;1-4(2,5)3-6;1-2-4-5-3-1/h7H,3-6H2,1-2H3;3H,1-2H3;5H,1-4H2. The number of aldehydes is 2. The fraction of sp³-hybridized carbons (Fsp3) is 0.875. The first-order valence-electron chi connectivity index (χ1n) is 7.80. The molecule has 0 radical (unpaired) electrons. The third kappa shape index (κ3) is 11.0. The van der Waals surface area contributed by atoms with Gasteiger partial charge in [0.15, 0.2) is 0 Å². The summed E-state index contributed by atoms with van der Waals surface area (Å²) >= 11 is 3.11. The van der Waals surface area contributed by atoms with Gasteiger partial charge in [0.05, 0.1) is 9.86 Å². The van der Waals surface area contributed by atoms with Crippen molar-refractivity contribution in [2.24, 2.45) is 0 Å². The summed E-state index contributed by atoms with van der Waals surface area (Å²) in [6.45, 7) is 12.2. The third-order valence-corrected chi connectivity index (χ3v) is 3.63. The summed E-state index contributed by atoms with van der Waals surface area (Å²) in [6, 6.07) is 0. The minimum atomic E-state index is -0.326. The van der Waals surface area contributed by atoms with Crippen molar-refractivity contribution in [3.05, 3.63) is 0 Å². The van der Waals surface area contributed by atoms with Crippen LogP contribution in [0.15, 0.2) is 0 Å². The monoisotopic (exact) mass is 362 g/mol. The number of halogens is 1. The molecule has 0 bridgehead atoms. The number of carbonyl (C=O) groups excluding carboxylic acids is 2. The summed E-state index contributed by atoms with van der Waals surface area (Å²) in [6.07, 6.45) is 7.17. The molecule has 0 spiro atoms. The molecular formula is C16H31BrN2O2. The molecule has 2 fully saturated rings. The van der Waals surface area contributed by atoms with Gasteiger partial charge in [-0.3, -0.25) is 4.90 Å². The maximum atomic E-state index is 10.6. The molecule has 2 rings (SSSR count). The highest BCUT2D eigenvalue weighted by Crippen LogP contribution is 2.18. The van der Waals surface area contributed by atoms with Crippen LogP contribution in [0.2, 0.25) is 0 Å². The first kappa shape index (κ1) is 20.7. The Morgan fingerprint density at radius 2 is 1.33 bits per heavy atom. The summed E-state index contributed by atoms with van der Waals surface area (Å²) < 4.78 is -0.326. The van der Waals surface area contributed by atoms with Crippen LogP contribution in [0.4, 0.5) is 0 Å². The van der Waals surface area contributed by atoms with Gasteiger partial charge in [-0.1, -0.05) is 15.9 Å². The first-order chi connectivity index (χ1) is 9.73. The number of likely N-dealkylation sites (tertiary alicyclic amines) is 1. The van der Waals surface area contributed by atoms with E-state index in [1.54, 1.807) is 13.8 Å². The molecule has 2 aliphatic rings. The predicted octanol–water partition coefficient (Wildman–Crippen LogP) is 2.79. The van der Waals surface area contributed by atoms with Gasteiger partial charge < -0.3 is 14.9 Å². The van der Waals surface area contributed by atoms with Crippen molar-refractivity contribution in [3.8, 4) is 0 Å². The van der Waals surface area contributed by atoms with E-state index in [9.17, 15) is 9.59 Å². The van der Waals surface area contributed by atoms with Crippen molar-refractivity contribution in [1.29, 1.82) is 0 Å². The number of alkyl halides is 1. The van der Waals surface area contributed by atoms with E-state index >= 15 is 0 Å². The van der Waals surface area contributed by atoms with Crippen LogP contribution in [0.5, 0.6) is 0 Å². The van der Waals surface area contributed by atoms with Crippen molar-refractivity contribution in [2.75, 3.05) is 26.2 Å². The van der Waals surface area contributed by atoms with E-state index in [0.717, 1.165) is 25.7 Å². The van der Waals surface area contributed by atoms with Gasteiger partial charge in [-0.25, -0.2) is 0 Å². The van der Waals surface area contributed by atoms with Crippen LogP contribution in [0.1, 0.15) is 53.4 Å². The maximum Gasteiger partial charge on any atom is 0.139 e. The van der Waals surface area contributed by atoms with E-state index in [1.165, 1.54) is 38.8 Å². The van der Waals surface area contributed by atoms with Crippen molar-refractivity contribution in [3.63, 3.8) is 0 Å². The Balaban J connectivity index is 0.000000311. The molecule has 0 aromatic carbocycles. The van der Waals surface area contributed by atoms with Crippen LogP contribution >= 0.6 is 15.9 Å². The molecular weight excluding hydrogens is 332 g/mol. The lowest BCUT2D eigenvalue weighted by Gasteiger charge is -2.29. The number of nitrogens with zero attached hydrogens (tertiary/aromatic N) is 1. The second-order valence-corrected chi connectivity index (χ2v) is 8.65. The van der Waals surface area contributed by atoms with Crippen molar-refractivity contribution in [2.45, 2.75) is 63.2 Å². The largest absolute Gasteiger partial charge is 0.317 e. The zero-order valence-corrected chi connectivity index (χ0v) is 15.5. The Morgan fingerprint density at radius 1 is 0.905 bits per heavy atom. The van der Waals surface area contributed by atoms with Crippen LogP contribution in [-0.4, -0.2) is 53.5 Å². The number of hydrogen-bond donors (Lipinski definition) is 1. The lowest BCUT2D eigenvalue weighted by molar-refractivity contribution is -0.116. The average Bonchev–Trinajstić information content (AvgIpc) is 3.14. The molecule has 0 unspecified atom stereocenters. The highest BCUT2D eigenvalue weighted by molar-refractivity contribution is 9.10. The van der Waals surface area contributed by atoms with Crippen LogP contribution in [0, 0.1) is 0 Å². The Labute approximate surface area is 138 Å². The molecule has 2 heterocycles. The molecule has 0 saturated carbocycles. The van der Waals surface area contributed by atoms with Gasteiger partial charge in [0.2, 0.25) is 0 Å². The topological polar surface area (TPSA) is 49.4 Å². The maximum absolute atomic E-state index is 10.6. The fourth-order valence-electron chi connectivity index (χ4n) is 1.99. The number of nitrogens with one attached hydrogen (secondary N) is 1. The van der Waals surface area contributed by atoms with E-state index in [-0.39, 0.29) is 9.86 Å². The minimum absolute atomic E-state index is 0.226. The molecule has 21 heavy (non-hydrogen) atoms. The molecule has 2 saturated heterocycles. The normalized spacial score (nSPS) is 19.1. The summed E-state index contributed by atoms with van der Waals surface area (Å²) in [5, 5.41) is 3.22. The van der Waals surface area contributed by atoms with Gasteiger partial charge in [-0.05, 0) is 79.6 Å². The van der Waals surface area contributed by atoms with E-state index in [4.69, 9.17) is 0 Å². The Bertz CT molecular complexity index is 284. The molecule has 0 aromatic heterocycles. The SMILES string of the molecule is C1CCNC1.CC(C)(Br)C=O.CC(C)(C=O)N1CCCC1. The van der Waals surface area contributed by atoms with Gasteiger partial charge in [0.25, 0.3) is 0 Å². The Hall–Kier alpha value is -0.260. The second kappa shape index (κ2) is 10.5. The Kier molecular flexibility index (Phi) is 10.3. The summed E-state index contributed by atoms with van der Waals surface area (Å²) in [5.74, 6) is 0. The lowest BCUT2D eigenvalue weighted by atomic mass is 10.1. The smallest absolute Gasteiger partial charge is 0.139 e. The third-order valence-electron chi connectivity index (χ3n) is 3.45. The zero-order chi connectivity index (χ0) is 16.4. The lowest BCUT2D eigenvalue weighted by Crippen LogP contribution is -2.43. The number of rotatable bonds is 3. The summed E-state index contributed by atoms with van der Waals surface area (Å²) in [7, 11) is 0. The fourth-order valence-corrected chi connectivity index (χ4v) is 1.99. The van der Waals surface area contributed by atoms with Crippen LogP contribution in [0.3, 0.4) is 0 Å². The van der Waals surface area contributed by atoms with Gasteiger partial charge in [0.1, 0.15) is 12.6 Å². The Morgan fingerprint density at radius 3 is 1.57 bits per heavy atom. The van der Waals surface area contributed by atoms with Crippen molar-refractivity contribution < 1.29 is 9.59 Å². The molecule has 2 aliphatic heterocycles. The first-order valence-corrected chi connectivity index (χ1v) is 8.59. The van der Waals surface area contributed by atoms with Crippen molar-refractivity contribution >= 4 is 28.5 Å². The van der Waals surface area contributed by atoms with Crippen LogP contribution in [-0.2, 0) is 9.59 Å². The second-order valence-electron chi connectivity index (χ2n) is 6.61. The van der Waals surface area contributed by atoms with Gasteiger partial charge in [-0.15, -0.1) is 0 Å². The summed E-state index contributed by atoms with van der Waals surface area (Å²) in [4.78, 5) is 22.6. The average molecular weight is 363 g/mol. The molecule has 124 valence electrons. The van der Waals surface area contributed by atoms with Crippen molar-refractivity contribution in [1.82, 2.24) is 10.2 Å². The van der Waals surface area contributed by atoms with Gasteiger partial charge >= 0.3 is 0 Å². The zero-order valence-electron chi connectivity index (χ0n) is 14.0. The highest BCUT2D eigenvalue weighted by Gasteiger charge is 2.27. The van der Waals surface area contributed by atoms with Crippen LogP contribution in [0.25, 0.3) is 0 Å². The quantitative estimate of drug-likeness (QED) is 0.619. The number of hydrogen-bond acceptors (Lipinski definition) is 4. The van der Waals surface area contributed by atoms with Gasteiger partial charge in [-0.2, -0.15) is 0 Å². The van der Waals surface area contributed by atoms with Crippen LogP contribution < -0.4 is 5.32 Å². The van der Waals surface area contributed by atoms with E-state index in [2.05, 4.69) is 26.1 Å². The van der Waals surface area contributed by atoms with E-state index in [1.807, 2.05) is 13.8 Å².